The predicted molar refractivity (Wildman–Crippen MR) is 83.9 cm³/mol. The summed E-state index contributed by atoms with van der Waals surface area (Å²) in [5, 5.41) is 13.9. The molecular weight excluding hydrogens is 264 g/mol. The zero-order valence-electron chi connectivity index (χ0n) is 11.4. The molecule has 0 amide bonds. The van der Waals surface area contributed by atoms with E-state index >= 15 is 0 Å². The summed E-state index contributed by atoms with van der Waals surface area (Å²) in [7, 11) is 0. The highest BCUT2D eigenvalue weighted by atomic mass is 16.4. The standard InChI is InChI=1S/C18H12O3/c1-10-5-4-8-13-15-14(18(20)21-17(10)13)9-11-6-2-3-7-12(11)16(15)19/h2-9,19H,1H3. The molecule has 0 unspecified atom stereocenters. The summed E-state index contributed by atoms with van der Waals surface area (Å²) < 4.78 is 5.44. The number of fused-ring (bicyclic) bond motifs is 4. The van der Waals surface area contributed by atoms with Crippen LogP contribution >= 0.6 is 0 Å². The van der Waals surface area contributed by atoms with E-state index in [1.165, 1.54) is 0 Å². The summed E-state index contributed by atoms with van der Waals surface area (Å²) in [6, 6.07) is 14.9. The molecule has 21 heavy (non-hydrogen) atoms. The molecule has 3 heteroatoms. The molecule has 0 atom stereocenters. The van der Waals surface area contributed by atoms with Crippen LogP contribution in [0.2, 0.25) is 0 Å². The summed E-state index contributed by atoms with van der Waals surface area (Å²) in [5.41, 5.74) is 0.979. The van der Waals surface area contributed by atoms with Gasteiger partial charge in [-0.3, -0.25) is 0 Å². The number of phenolic OH excluding ortho intramolecular Hbond substituents is 1. The number of hydrogen-bond acceptors (Lipinski definition) is 3. The highest BCUT2D eigenvalue weighted by Crippen LogP contribution is 2.37. The van der Waals surface area contributed by atoms with E-state index in [9.17, 15) is 9.90 Å². The second kappa shape index (κ2) is 4.09. The van der Waals surface area contributed by atoms with Gasteiger partial charge in [-0.25, -0.2) is 4.79 Å². The lowest BCUT2D eigenvalue weighted by atomic mass is 9.99. The summed E-state index contributed by atoms with van der Waals surface area (Å²) in [6.07, 6.45) is 0. The first-order valence-electron chi connectivity index (χ1n) is 6.73. The fraction of sp³-hybridized carbons (Fsp3) is 0.0556. The lowest BCUT2D eigenvalue weighted by Crippen LogP contribution is -2.01. The Morgan fingerprint density at radius 3 is 2.57 bits per heavy atom. The molecule has 102 valence electrons. The molecule has 4 rings (SSSR count). The molecular formula is C18H12O3. The van der Waals surface area contributed by atoms with Gasteiger partial charge in [0.25, 0.3) is 0 Å². The van der Waals surface area contributed by atoms with Gasteiger partial charge in [-0.15, -0.1) is 0 Å². The van der Waals surface area contributed by atoms with E-state index in [0.29, 0.717) is 16.4 Å². The Morgan fingerprint density at radius 2 is 1.71 bits per heavy atom. The molecule has 4 aromatic rings. The molecule has 0 bridgehead atoms. The van der Waals surface area contributed by atoms with Crippen LogP contribution in [0.4, 0.5) is 0 Å². The number of aromatic hydroxyl groups is 1. The summed E-state index contributed by atoms with van der Waals surface area (Å²) >= 11 is 0. The van der Waals surface area contributed by atoms with Crippen LogP contribution in [0.25, 0.3) is 32.5 Å². The minimum atomic E-state index is -0.423. The van der Waals surface area contributed by atoms with E-state index in [1.54, 1.807) is 6.07 Å². The van der Waals surface area contributed by atoms with Gasteiger partial charge in [0.2, 0.25) is 0 Å². The van der Waals surface area contributed by atoms with Crippen molar-refractivity contribution < 1.29 is 9.52 Å². The van der Waals surface area contributed by atoms with Gasteiger partial charge in [0.1, 0.15) is 11.3 Å². The first-order valence-corrected chi connectivity index (χ1v) is 6.73. The van der Waals surface area contributed by atoms with Crippen LogP contribution in [0.15, 0.2) is 57.7 Å². The Hall–Kier alpha value is -2.81. The van der Waals surface area contributed by atoms with Crippen LogP contribution in [0.3, 0.4) is 0 Å². The number of para-hydroxylation sites is 1. The van der Waals surface area contributed by atoms with Gasteiger partial charge in [0, 0.05) is 16.2 Å². The fourth-order valence-corrected chi connectivity index (χ4v) is 2.89. The van der Waals surface area contributed by atoms with Crippen LogP contribution in [-0.2, 0) is 0 Å². The average Bonchev–Trinajstić information content (AvgIpc) is 2.49. The van der Waals surface area contributed by atoms with E-state index in [2.05, 4.69) is 0 Å². The molecule has 0 saturated heterocycles. The Labute approximate surface area is 120 Å². The van der Waals surface area contributed by atoms with E-state index in [1.807, 2.05) is 49.4 Å². The van der Waals surface area contributed by atoms with Crippen LogP contribution in [-0.4, -0.2) is 5.11 Å². The Morgan fingerprint density at radius 1 is 0.952 bits per heavy atom. The molecule has 1 heterocycles. The van der Waals surface area contributed by atoms with Gasteiger partial charge >= 0.3 is 5.63 Å². The van der Waals surface area contributed by atoms with Crippen molar-refractivity contribution in [1.82, 2.24) is 0 Å². The highest BCUT2D eigenvalue weighted by molar-refractivity contribution is 6.15. The number of rotatable bonds is 0. The first-order chi connectivity index (χ1) is 10.2. The maximum Gasteiger partial charge on any atom is 0.344 e. The third-order valence-corrected chi connectivity index (χ3v) is 3.92. The van der Waals surface area contributed by atoms with Crippen molar-refractivity contribution in [2.24, 2.45) is 0 Å². The van der Waals surface area contributed by atoms with Crippen molar-refractivity contribution in [2.45, 2.75) is 6.92 Å². The monoisotopic (exact) mass is 276 g/mol. The minimum Gasteiger partial charge on any atom is -0.507 e. The number of phenols is 1. The van der Waals surface area contributed by atoms with Crippen molar-refractivity contribution in [3.05, 3.63) is 64.5 Å². The van der Waals surface area contributed by atoms with E-state index in [0.717, 1.165) is 21.7 Å². The molecule has 0 spiro atoms. The second-order valence-corrected chi connectivity index (χ2v) is 5.21. The van der Waals surface area contributed by atoms with E-state index in [4.69, 9.17) is 4.42 Å². The first kappa shape index (κ1) is 12.0. The lowest BCUT2D eigenvalue weighted by Gasteiger charge is -2.09. The van der Waals surface area contributed by atoms with E-state index in [-0.39, 0.29) is 5.75 Å². The molecule has 1 aromatic heterocycles. The molecule has 0 aliphatic carbocycles. The van der Waals surface area contributed by atoms with E-state index < -0.39 is 5.63 Å². The third-order valence-electron chi connectivity index (χ3n) is 3.92. The smallest absolute Gasteiger partial charge is 0.344 e. The lowest BCUT2D eigenvalue weighted by molar-refractivity contribution is 0.487. The molecule has 0 fully saturated rings. The molecule has 3 aromatic carbocycles. The van der Waals surface area contributed by atoms with Gasteiger partial charge < -0.3 is 9.52 Å². The van der Waals surface area contributed by atoms with Crippen molar-refractivity contribution in [3.63, 3.8) is 0 Å². The maximum absolute atomic E-state index is 12.3. The summed E-state index contributed by atoms with van der Waals surface area (Å²) in [4.78, 5) is 12.3. The third kappa shape index (κ3) is 1.57. The Balaban J connectivity index is 2.40. The number of benzene rings is 3. The van der Waals surface area contributed by atoms with Crippen molar-refractivity contribution in [2.75, 3.05) is 0 Å². The van der Waals surface area contributed by atoms with Crippen LogP contribution < -0.4 is 5.63 Å². The van der Waals surface area contributed by atoms with Crippen molar-refractivity contribution >= 4 is 32.5 Å². The highest BCUT2D eigenvalue weighted by Gasteiger charge is 2.14. The molecule has 1 N–H and O–H groups in total. The Kier molecular flexibility index (Phi) is 2.33. The predicted octanol–water partition coefficient (Wildman–Crippen LogP) is 4.11. The fourth-order valence-electron chi connectivity index (χ4n) is 2.89. The molecule has 0 aliphatic rings. The van der Waals surface area contributed by atoms with Gasteiger partial charge in [-0.1, -0.05) is 42.5 Å². The van der Waals surface area contributed by atoms with Gasteiger partial charge in [0.15, 0.2) is 0 Å². The molecule has 0 saturated carbocycles. The number of aryl methyl sites for hydroxylation is 1. The topological polar surface area (TPSA) is 50.4 Å². The normalized spacial score (nSPS) is 11.5. The Bertz CT molecular complexity index is 1070. The SMILES string of the molecule is Cc1cccc2c1oc(=O)c1cc3ccccc3c(O)c12. The van der Waals surface area contributed by atoms with Gasteiger partial charge in [-0.05, 0) is 23.9 Å². The molecule has 3 nitrogen and oxygen atoms in total. The number of hydrogen-bond donors (Lipinski definition) is 1. The van der Waals surface area contributed by atoms with Crippen molar-refractivity contribution in [1.29, 1.82) is 0 Å². The van der Waals surface area contributed by atoms with Crippen LogP contribution in [0, 0.1) is 6.92 Å². The van der Waals surface area contributed by atoms with Gasteiger partial charge in [0.05, 0.1) is 5.39 Å². The quantitative estimate of drug-likeness (QED) is 0.299. The largest absolute Gasteiger partial charge is 0.507 e. The van der Waals surface area contributed by atoms with Gasteiger partial charge in [-0.2, -0.15) is 0 Å². The summed E-state index contributed by atoms with van der Waals surface area (Å²) in [6.45, 7) is 1.88. The maximum atomic E-state index is 12.3. The second-order valence-electron chi connectivity index (χ2n) is 5.21. The summed E-state index contributed by atoms with van der Waals surface area (Å²) in [5.74, 6) is 0.131. The molecule has 0 radical (unpaired) electrons. The van der Waals surface area contributed by atoms with Crippen LogP contribution in [0.5, 0.6) is 5.75 Å². The van der Waals surface area contributed by atoms with Crippen molar-refractivity contribution in [3.8, 4) is 5.75 Å². The zero-order chi connectivity index (χ0) is 14.6. The van der Waals surface area contributed by atoms with Crippen LogP contribution in [0.1, 0.15) is 5.56 Å². The average molecular weight is 276 g/mol. The minimum absolute atomic E-state index is 0.131. The zero-order valence-corrected chi connectivity index (χ0v) is 11.4. The molecule has 0 aliphatic heterocycles.